The van der Waals surface area contributed by atoms with Crippen molar-refractivity contribution in [2.24, 2.45) is 5.10 Å². The number of amides is 1. The minimum atomic E-state index is -0.280. The van der Waals surface area contributed by atoms with Gasteiger partial charge in [0.25, 0.3) is 11.5 Å². The van der Waals surface area contributed by atoms with Gasteiger partial charge in [0.15, 0.2) is 0 Å². The van der Waals surface area contributed by atoms with Gasteiger partial charge >= 0.3 is 0 Å². The first-order valence-electron chi connectivity index (χ1n) is 8.55. The predicted molar refractivity (Wildman–Crippen MR) is 111 cm³/mol. The highest BCUT2D eigenvalue weighted by Gasteiger charge is 2.28. The average Bonchev–Trinajstić information content (AvgIpc) is 3.30. The Kier molecular flexibility index (Phi) is 4.53. The summed E-state index contributed by atoms with van der Waals surface area (Å²) in [6.45, 7) is 8.68. The van der Waals surface area contributed by atoms with E-state index in [1.165, 1.54) is 11.3 Å². The number of allylic oxidation sites excluding steroid dienone is 1. The Morgan fingerprint density at radius 1 is 1.30 bits per heavy atom. The lowest BCUT2D eigenvalue weighted by molar-refractivity contribution is -0.115. The number of thioether (sulfide) groups is 1. The molecule has 3 heterocycles. The van der Waals surface area contributed by atoms with Gasteiger partial charge in [-0.25, -0.2) is 5.43 Å². The number of fused-ring (bicyclic) bond motifs is 1. The second-order valence-electron chi connectivity index (χ2n) is 6.07. The number of nitrogens with zero attached hydrogens (tertiary/aromatic N) is 3. The molecule has 0 fully saturated rings. The number of carbonyl (C=O) groups excluding carboxylic acids is 1. The number of hydrazone groups is 1. The Morgan fingerprint density at radius 3 is 2.74 bits per heavy atom. The van der Waals surface area contributed by atoms with Crippen molar-refractivity contribution in [3.05, 3.63) is 56.5 Å². The molecule has 6 nitrogen and oxygen atoms in total. The monoisotopic (exact) mass is 398 g/mol. The fourth-order valence-electron chi connectivity index (χ4n) is 3.21. The van der Waals surface area contributed by atoms with E-state index in [2.05, 4.69) is 41.1 Å². The number of rotatable bonds is 3. The van der Waals surface area contributed by atoms with E-state index in [9.17, 15) is 9.59 Å². The molecule has 0 spiro atoms. The number of aromatic nitrogens is 1. The van der Waals surface area contributed by atoms with E-state index in [-0.39, 0.29) is 11.5 Å². The molecule has 0 saturated heterocycles. The van der Waals surface area contributed by atoms with E-state index >= 15 is 0 Å². The number of anilines is 1. The summed E-state index contributed by atoms with van der Waals surface area (Å²) in [5.74, 6) is -0.280. The van der Waals surface area contributed by atoms with Crippen molar-refractivity contribution >= 4 is 51.0 Å². The quantitative estimate of drug-likeness (QED) is 0.795. The van der Waals surface area contributed by atoms with Crippen molar-refractivity contribution in [1.82, 2.24) is 9.99 Å². The van der Waals surface area contributed by atoms with Gasteiger partial charge in [-0.05, 0) is 26.0 Å². The third-order valence-electron chi connectivity index (χ3n) is 4.44. The Bertz CT molecular complexity index is 1170. The van der Waals surface area contributed by atoms with Crippen LogP contribution in [0.5, 0.6) is 0 Å². The summed E-state index contributed by atoms with van der Waals surface area (Å²) in [7, 11) is 0. The molecular weight excluding hydrogens is 380 g/mol. The van der Waals surface area contributed by atoms with Crippen LogP contribution in [0, 0.1) is 0 Å². The number of hydrogen-bond acceptors (Lipinski definition) is 6. The lowest BCUT2D eigenvalue weighted by Gasteiger charge is -2.16. The molecule has 0 unspecified atom stereocenters. The molecule has 1 amide bonds. The molecule has 2 aliphatic rings. The number of para-hydroxylation sites is 1. The Morgan fingerprint density at radius 2 is 2.07 bits per heavy atom. The molecule has 1 N–H and O–H groups in total. The molecule has 0 bridgehead atoms. The first-order valence-corrected chi connectivity index (χ1v) is 10.2. The van der Waals surface area contributed by atoms with Crippen molar-refractivity contribution in [3.8, 4) is 0 Å². The van der Waals surface area contributed by atoms with Crippen LogP contribution in [0.3, 0.4) is 0 Å². The maximum atomic E-state index is 13.2. The van der Waals surface area contributed by atoms with E-state index in [0.717, 1.165) is 22.2 Å². The predicted octanol–water partition coefficient (Wildman–Crippen LogP) is 1.45. The van der Waals surface area contributed by atoms with E-state index in [1.807, 2.05) is 12.1 Å². The third-order valence-corrected chi connectivity index (χ3v) is 6.94. The van der Waals surface area contributed by atoms with Gasteiger partial charge in [0, 0.05) is 18.0 Å². The van der Waals surface area contributed by atoms with Crippen molar-refractivity contribution in [1.29, 1.82) is 0 Å². The summed E-state index contributed by atoms with van der Waals surface area (Å²) in [6, 6.07) is 8.12. The summed E-state index contributed by atoms with van der Waals surface area (Å²) < 4.78 is 2.86. The minimum Gasteiger partial charge on any atom is -0.334 e. The van der Waals surface area contributed by atoms with Crippen LogP contribution in [0.15, 0.2) is 51.7 Å². The fourth-order valence-corrected chi connectivity index (χ4v) is 5.81. The zero-order chi connectivity index (χ0) is 19.1. The number of benzene rings is 1. The molecule has 2 aromatic rings. The SMILES string of the molecule is C=CCn1c(=C2C(=O)NN=C2C)sc(=C2Sc3ccccc3N2CC)c1=O. The van der Waals surface area contributed by atoms with Crippen LogP contribution in [0.4, 0.5) is 5.69 Å². The second-order valence-corrected chi connectivity index (χ2v) is 8.10. The highest BCUT2D eigenvalue weighted by Crippen LogP contribution is 2.45. The number of carbonyl (C=O) groups is 1. The van der Waals surface area contributed by atoms with Gasteiger partial charge < -0.3 is 4.90 Å². The normalized spacial score (nSPS) is 19.9. The summed E-state index contributed by atoms with van der Waals surface area (Å²) in [5.41, 5.74) is 4.51. The molecule has 0 saturated carbocycles. The Balaban J connectivity index is 2.06. The molecule has 0 atom stereocenters. The number of hydrogen-bond donors (Lipinski definition) is 1. The number of thiazole rings is 1. The van der Waals surface area contributed by atoms with Crippen LogP contribution in [0.25, 0.3) is 10.6 Å². The van der Waals surface area contributed by atoms with E-state index in [0.29, 0.717) is 27.0 Å². The average molecular weight is 399 g/mol. The molecule has 1 aromatic carbocycles. The second kappa shape index (κ2) is 6.86. The first-order chi connectivity index (χ1) is 13.1. The summed E-state index contributed by atoms with van der Waals surface area (Å²) in [4.78, 5) is 28.8. The zero-order valence-corrected chi connectivity index (χ0v) is 16.6. The highest BCUT2D eigenvalue weighted by molar-refractivity contribution is 8.08. The summed E-state index contributed by atoms with van der Waals surface area (Å²) >= 11 is 2.94. The molecule has 138 valence electrons. The first kappa shape index (κ1) is 17.8. The molecule has 8 heteroatoms. The molecular formula is C19H18N4O2S2. The molecule has 4 rings (SSSR count). The number of nitrogens with one attached hydrogen (secondary N) is 1. The smallest absolute Gasteiger partial charge is 0.276 e. The van der Waals surface area contributed by atoms with Crippen LogP contribution in [0.1, 0.15) is 13.8 Å². The van der Waals surface area contributed by atoms with Gasteiger partial charge in [-0.15, -0.1) is 17.9 Å². The van der Waals surface area contributed by atoms with Crippen molar-refractivity contribution in [2.75, 3.05) is 11.4 Å². The topological polar surface area (TPSA) is 66.7 Å². The van der Waals surface area contributed by atoms with Gasteiger partial charge in [-0.1, -0.05) is 30.0 Å². The van der Waals surface area contributed by atoms with Crippen LogP contribution >= 0.6 is 23.1 Å². The minimum absolute atomic E-state index is 0.108. The van der Waals surface area contributed by atoms with E-state index in [1.54, 1.807) is 29.3 Å². The third kappa shape index (κ3) is 2.76. The van der Waals surface area contributed by atoms with Crippen molar-refractivity contribution < 1.29 is 4.79 Å². The van der Waals surface area contributed by atoms with Gasteiger partial charge in [-0.3, -0.25) is 14.2 Å². The van der Waals surface area contributed by atoms with Crippen LogP contribution in [-0.4, -0.2) is 22.7 Å². The van der Waals surface area contributed by atoms with Crippen LogP contribution < -0.4 is 25.1 Å². The molecule has 2 aliphatic heterocycles. The Hall–Kier alpha value is -2.58. The molecule has 27 heavy (non-hydrogen) atoms. The van der Waals surface area contributed by atoms with Gasteiger partial charge in [0.1, 0.15) is 14.2 Å². The largest absolute Gasteiger partial charge is 0.334 e. The lowest BCUT2D eigenvalue weighted by Crippen LogP contribution is -2.35. The molecule has 0 radical (unpaired) electrons. The molecule has 1 aromatic heterocycles. The lowest BCUT2D eigenvalue weighted by atomic mass is 10.2. The van der Waals surface area contributed by atoms with Gasteiger partial charge in [0.2, 0.25) is 0 Å². The van der Waals surface area contributed by atoms with E-state index in [4.69, 9.17) is 0 Å². The van der Waals surface area contributed by atoms with Crippen LogP contribution in [0.2, 0.25) is 0 Å². The molecule has 0 aliphatic carbocycles. The van der Waals surface area contributed by atoms with Crippen molar-refractivity contribution in [2.45, 2.75) is 25.3 Å². The maximum Gasteiger partial charge on any atom is 0.276 e. The summed E-state index contributed by atoms with van der Waals surface area (Å²) in [5, 5.41) is 4.91. The van der Waals surface area contributed by atoms with Gasteiger partial charge in [-0.2, -0.15) is 5.10 Å². The highest BCUT2D eigenvalue weighted by atomic mass is 32.2. The summed E-state index contributed by atoms with van der Waals surface area (Å²) in [6.07, 6.45) is 1.67. The Labute approximate surface area is 164 Å². The van der Waals surface area contributed by atoms with E-state index < -0.39 is 0 Å². The van der Waals surface area contributed by atoms with Crippen molar-refractivity contribution in [3.63, 3.8) is 0 Å². The maximum absolute atomic E-state index is 13.2. The zero-order valence-electron chi connectivity index (χ0n) is 15.0. The standard InChI is InChI=1S/C19H18N4O2S2/c1-4-10-23-17(25)15(27-18(23)14-11(3)20-21-16(14)24)19-22(5-2)12-8-6-7-9-13(12)26-19/h4,6-9H,1,5,10H2,2-3H3,(H,21,24). The fraction of sp³-hybridized carbons (Fsp3) is 0.211. The van der Waals surface area contributed by atoms with Gasteiger partial charge in [0.05, 0.1) is 17.0 Å². The van der Waals surface area contributed by atoms with Crippen LogP contribution in [-0.2, 0) is 11.3 Å².